The maximum Gasteiger partial charge on any atom is 0.293 e. The van der Waals surface area contributed by atoms with Crippen molar-refractivity contribution in [1.29, 1.82) is 0 Å². The number of nitro groups is 1. The third-order valence-electron chi connectivity index (χ3n) is 5.45. The summed E-state index contributed by atoms with van der Waals surface area (Å²) in [5.74, 6) is 0.513. The molecule has 1 aromatic carbocycles. The third-order valence-corrected chi connectivity index (χ3v) is 6.86. The van der Waals surface area contributed by atoms with E-state index in [1.165, 1.54) is 32.0 Å². The molecule has 1 heterocycles. The molecule has 1 fully saturated rings. The Morgan fingerprint density at radius 2 is 1.85 bits per heavy atom. The van der Waals surface area contributed by atoms with E-state index in [2.05, 4.69) is 28.8 Å². The molecule has 2 N–H and O–H groups in total. The zero-order valence-electron chi connectivity index (χ0n) is 16.3. The van der Waals surface area contributed by atoms with Crippen LogP contribution in [0.2, 0.25) is 0 Å². The smallest absolute Gasteiger partial charge is 0.293 e. The van der Waals surface area contributed by atoms with Crippen LogP contribution in [-0.4, -0.2) is 51.0 Å². The number of nitro benzene ring substituents is 1. The molecule has 1 saturated heterocycles. The summed E-state index contributed by atoms with van der Waals surface area (Å²) in [5, 5.41) is 14.7. The van der Waals surface area contributed by atoms with Crippen LogP contribution in [0.3, 0.4) is 0 Å². The summed E-state index contributed by atoms with van der Waals surface area (Å²) in [7, 11) is -2.45. The highest BCUT2D eigenvalue weighted by Gasteiger charge is 2.28. The van der Waals surface area contributed by atoms with Gasteiger partial charge in [0.05, 0.1) is 9.82 Å². The number of rotatable bonds is 10. The van der Waals surface area contributed by atoms with Crippen molar-refractivity contribution in [2.24, 2.45) is 5.92 Å². The number of likely N-dealkylation sites (tertiary alicyclic amines) is 1. The monoisotopic (exact) mass is 398 g/mol. The fourth-order valence-corrected chi connectivity index (χ4v) is 4.56. The molecule has 9 heteroatoms. The number of nitrogens with one attached hydrogen (secondary N) is 2. The Morgan fingerprint density at radius 3 is 2.37 bits per heavy atom. The molecular weight excluding hydrogens is 368 g/mol. The molecule has 27 heavy (non-hydrogen) atoms. The number of hydrogen-bond acceptors (Lipinski definition) is 6. The minimum absolute atomic E-state index is 0.113. The Kier molecular flexibility index (Phi) is 7.58. The molecule has 1 aliphatic heterocycles. The van der Waals surface area contributed by atoms with Crippen LogP contribution in [0.5, 0.6) is 0 Å². The lowest BCUT2D eigenvalue weighted by molar-refractivity contribution is -0.384. The summed E-state index contributed by atoms with van der Waals surface area (Å²) in [6.45, 7) is 7.08. The van der Waals surface area contributed by atoms with Gasteiger partial charge in [-0.05, 0) is 51.0 Å². The average Bonchev–Trinajstić information content (AvgIpc) is 3.19. The first-order chi connectivity index (χ1) is 12.8. The lowest BCUT2D eigenvalue weighted by Crippen LogP contribution is -2.43. The maximum atomic E-state index is 11.9. The van der Waals surface area contributed by atoms with Crippen molar-refractivity contribution in [3.63, 3.8) is 0 Å². The fourth-order valence-electron chi connectivity index (χ4n) is 3.81. The molecular formula is C18H30N4O4S. The molecule has 0 bridgehead atoms. The van der Waals surface area contributed by atoms with Crippen molar-refractivity contribution in [1.82, 2.24) is 9.62 Å². The van der Waals surface area contributed by atoms with Gasteiger partial charge < -0.3 is 5.32 Å². The first-order valence-corrected chi connectivity index (χ1v) is 11.0. The summed E-state index contributed by atoms with van der Waals surface area (Å²) >= 11 is 0. The van der Waals surface area contributed by atoms with Gasteiger partial charge in [-0.1, -0.05) is 26.7 Å². The zero-order chi connectivity index (χ0) is 20.0. The van der Waals surface area contributed by atoms with Crippen molar-refractivity contribution in [2.45, 2.75) is 50.5 Å². The van der Waals surface area contributed by atoms with E-state index in [1.54, 1.807) is 0 Å². The molecule has 0 saturated carbocycles. The summed E-state index contributed by atoms with van der Waals surface area (Å²) < 4.78 is 26.0. The molecule has 0 spiro atoms. The summed E-state index contributed by atoms with van der Waals surface area (Å²) in [6, 6.07) is 4.29. The Morgan fingerprint density at radius 1 is 1.22 bits per heavy atom. The van der Waals surface area contributed by atoms with Gasteiger partial charge in [0.2, 0.25) is 10.0 Å². The van der Waals surface area contributed by atoms with Gasteiger partial charge in [-0.3, -0.25) is 15.0 Å². The molecule has 0 radical (unpaired) electrons. The van der Waals surface area contributed by atoms with E-state index in [1.807, 2.05) is 0 Å². The first kappa shape index (κ1) is 21.6. The van der Waals surface area contributed by atoms with E-state index >= 15 is 0 Å². The van der Waals surface area contributed by atoms with Gasteiger partial charge in [0.1, 0.15) is 5.69 Å². The summed E-state index contributed by atoms with van der Waals surface area (Å²) in [5.41, 5.74) is 0.126. The van der Waals surface area contributed by atoms with Crippen LogP contribution >= 0.6 is 0 Å². The van der Waals surface area contributed by atoms with E-state index in [4.69, 9.17) is 0 Å². The van der Waals surface area contributed by atoms with Crippen LogP contribution in [0.25, 0.3) is 0 Å². The maximum absolute atomic E-state index is 11.9. The largest absolute Gasteiger partial charge is 0.378 e. The lowest BCUT2D eigenvalue weighted by Gasteiger charge is -2.34. The lowest BCUT2D eigenvalue weighted by atomic mass is 9.93. The Labute approximate surface area is 161 Å². The summed E-state index contributed by atoms with van der Waals surface area (Å²) in [6.07, 6.45) is 4.49. The van der Waals surface area contributed by atoms with Crippen LogP contribution in [0, 0.1) is 16.0 Å². The van der Waals surface area contributed by atoms with Crippen LogP contribution < -0.4 is 10.0 Å². The number of hydrogen-bond donors (Lipinski definition) is 2. The molecule has 152 valence electrons. The highest BCUT2D eigenvalue weighted by atomic mass is 32.2. The Bertz CT molecular complexity index is 742. The number of anilines is 1. The highest BCUT2D eigenvalue weighted by molar-refractivity contribution is 7.89. The van der Waals surface area contributed by atoms with Crippen LogP contribution in [0.15, 0.2) is 23.1 Å². The van der Waals surface area contributed by atoms with Gasteiger partial charge in [0.25, 0.3) is 5.69 Å². The highest BCUT2D eigenvalue weighted by Crippen LogP contribution is 2.29. The van der Waals surface area contributed by atoms with Gasteiger partial charge in [0.15, 0.2) is 0 Å². The Balaban J connectivity index is 2.25. The van der Waals surface area contributed by atoms with E-state index < -0.39 is 14.9 Å². The van der Waals surface area contributed by atoms with Crippen LogP contribution in [0.4, 0.5) is 11.4 Å². The fraction of sp³-hybridized carbons (Fsp3) is 0.667. The predicted octanol–water partition coefficient (Wildman–Crippen LogP) is 2.82. The van der Waals surface area contributed by atoms with Gasteiger partial charge in [-0.15, -0.1) is 0 Å². The second-order valence-electron chi connectivity index (χ2n) is 6.91. The molecule has 2 rings (SSSR count). The second kappa shape index (κ2) is 9.48. The van der Waals surface area contributed by atoms with Gasteiger partial charge in [0, 0.05) is 18.7 Å². The summed E-state index contributed by atoms with van der Waals surface area (Å²) in [4.78, 5) is 13.3. The number of benzene rings is 1. The van der Waals surface area contributed by atoms with Crippen LogP contribution in [0.1, 0.15) is 39.5 Å². The molecule has 0 unspecified atom stereocenters. The predicted molar refractivity (Wildman–Crippen MR) is 106 cm³/mol. The van der Waals surface area contributed by atoms with Crippen molar-refractivity contribution in [3.8, 4) is 0 Å². The van der Waals surface area contributed by atoms with E-state index in [0.717, 1.165) is 32.0 Å². The molecule has 0 aliphatic carbocycles. The quantitative estimate of drug-likeness (QED) is 0.464. The van der Waals surface area contributed by atoms with Gasteiger partial charge in [-0.25, -0.2) is 13.1 Å². The number of sulfonamides is 1. The minimum Gasteiger partial charge on any atom is -0.378 e. The molecule has 0 aromatic heterocycles. The third kappa shape index (κ3) is 5.18. The first-order valence-electron chi connectivity index (χ1n) is 9.53. The van der Waals surface area contributed by atoms with E-state index in [9.17, 15) is 18.5 Å². The SMILES string of the molecule is CCC(CC)[C@H](CNc1ccc(S(=O)(=O)NC)cc1[N+](=O)[O-])N1CCCC1. The molecule has 1 aliphatic rings. The molecule has 0 amide bonds. The van der Waals surface area contributed by atoms with Crippen molar-refractivity contribution < 1.29 is 13.3 Å². The van der Waals surface area contributed by atoms with Crippen LogP contribution in [-0.2, 0) is 10.0 Å². The van der Waals surface area contributed by atoms with Crippen molar-refractivity contribution >= 4 is 21.4 Å². The standard InChI is InChI=1S/C18H30N4O4S/c1-4-14(5-2)18(21-10-6-7-11-21)13-20-16-9-8-15(27(25,26)19-3)12-17(16)22(23)24/h8-9,12,14,18-20H,4-7,10-11,13H2,1-3H3/t18-/m0/s1. The average molecular weight is 399 g/mol. The van der Waals surface area contributed by atoms with Gasteiger partial charge in [-0.2, -0.15) is 0 Å². The van der Waals surface area contributed by atoms with E-state index in [-0.39, 0.29) is 10.6 Å². The molecule has 8 nitrogen and oxygen atoms in total. The van der Waals surface area contributed by atoms with Crippen molar-refractivity contribution in [2.75, 3.05) is 32.0 Å². The van der Waals surface area contributed by atoms with Gasteiger partial charge >= 0.3 is 0 Å². The minimum atomic E-state index is -3.73. The number of nitrogens with zero attached hydrogens (tertiary/aromatic N) is 2. The zero-order valence-corrected chi connectivity index (χ0v) is 17.1. The molecule has 1 atom stereocenters. The Hall–Kier alpha value is -1.71. The second-order valence-corrected chi connectivity index (χ2v) is 8.80. The van der Waals surface area contributed by atoms with E-state index in [0.29, 0.717) is 24.2 Å². The molecule has 1 aromatic rings. The van der Waals surface area contributed by atoms with Crippen molar-refractivity contribution in [3.05, 3.63) is 28.3 Å². The normalized spacial score (nSPS) is 16.6. The topological polar surface area (TPSA) is 105 Å².